The minimum absolute atomic E-state index is 0.0202. The van der Waals surface area contributed by atoms with Gasteiger partial charge in [0.25, 0.3) is 0 Å². The summed E-state index contributed by atoms with van der Waals surface area (Å²) in [6, 6.07) is 1.98. The zero-order valence-corrected chi connectivity index (χ0v) is 15.6. The Morgan fingerprint density at radius 3 is 3.04 bits per heavy atom. The van der Waals surface area contributed by atoms with E-state index in [0.717, 1.165) is 76.1 Å². The van der Waals surface area contributed by atoms with Crippen LogP contribution in [0.25, 0.3) is 11.0 Å². The van der Waals surface area contributed by atoms with E-state index in [1.807, 2.05) is 12.3 Å². The average molecular weight is 372 g/mol. The van der Waals surface area contributed by atoms with Gasteiger partial charge in [-0.2, -0.15) is 0 Å². The van der Waals surface area contributed by atoms with E-state index in [4.69, 9.17) is 15.2 Å². The first kappa shape index (κ1) is 17.4. The SMILES string of the molecule is Nc1ncnc2c1ccn2[C@H]1CC[C@@H](CN2CCOCC23CCNCC3)O1. The van der Waals surface area contributed by atoms with Gasteiger partial charge in [-0.25, -0.2) is 9.97 Å². The highest BCUT2D eigenvalue weighted by Crippen LogP contribution is 2.35. The van der Waals surface area contributed by atoms with Crippen LogP contribution in [0.4, 0.5) is 5.82 Å². The summed E-state index contributed by atoms with van der Waals surface area (Å²) in [6.07, 6.45) is 8.18. The summed E-state index contributed by atoms with van der Waals surface area (Å²) in [5, 5.41) is 4.37. The zero-order valence-electron chi connectivity index (χ0n) is 15.6. The summed E-state index contributed by atoms with van der Waals surface area (Å²) in [7, 11) is 0. The van der Waals surface area contributed by atoms with Crippen molar-refractivity contribution in [3.8, 4) is 0 Å². The third-order valence-corrected chi connectivity index (χ3v) is 6.44. The van der Waals surface area contributed by atoms with Gasteiger partial charge in [0, 0.05) is 24.8 Å². The van der Waals surface area contributed by atoms with Crippen LogP contribution in [-0.4, -0.2) is 70.5 Å². The molecule has 146 valence electrons. The summed E-state index contributed by atoms with van der Waals surface area (Å²) >= 11 is 0. The molecule has 3 aliphatic rings. The molecule has 3 saturated heterocycles. The monoisotopic (exact) mass is 372 g/mol. The Kier molecular flexibility index (Phi) is 4.51. The van der Waals surface area contributed by atoms with E-state index in [0.29, 0.717) is 5.82 Å². The lowest BCUT2D eigenvalue weighted by molar-refractivity contribution is -0.105. The van der Waals surface area contributed by atoms with Crippen LogP contribution < -0.4 is 11.1 Å². The van der Waals surface area contributed by atoms with E-state index >= 15 is 0 Å². The van der Waals surface area contributed by atoms with E-state index in [1.54, 1.807) is 0 Å². The molecule has 0 aromatic carbocycles. The number of anilines is 1. The largest absolute Gasteiger partial charge is 0.383 e. The van der Waals surface area contributed by atoms with Crippen LogP contribution in [0.2, 0.25) is 0 Å². The first-order valence-corrected chi connectivity index (χ1v) is 10.0. The number of morpholine rings is 1. The highest BCUT2D eigenvalue weighted by molar-refractivity contribution is 5.86. The number of rotatable bonds is 3. The fraction of sp³-hybridized carbons (Fsp3) is 0.684. The summed E-state index contributed by atoms with van der Waals surface area (Å²) in [5.74, 6) is 0.523. The Balaban J connectivity index is 1.29. The number of nitrogens with one attached hydrogen (secondary N) is 1. The van der Waals surface area contributed by atoms with Gasteiger partial charge in [0.1, 0.15) is 24.0 Å². The summed E-state index contributed by atoms with van der Waals surface area (Å²) in [4.78, 5) is 11.1. The molecule has 2 aromatic heterocycles. The van der Waals surface area contributed by atoms with Gasteiger partial charge in [-0.1, -0.05) is 0 Å². The maximum absolute atomic E-state index is 6.45. The van der Waals surface area contributed by atoms with Gasteiger partial charge in [0.15, 0.2) is 0 Å². The highest BCUT2D eigenvalue weighted by Gasteiger charge is 2.42. The lowest BCUT2D eigenvalue weighted by Gasteiger charge is -2.50. The summed E-state index contributed by atoms with van der Waals surface area (Å²) in [6.45, 7) is 5.80. The van der Waals surface area contributed by atoms with Crippen molar-refractivity contribution >= 4 is 16.9 Å². The van der Waals surface area contributed by atoms with Gasteiger partial charge in [0.2, 0.25) is 0 Å². The number of nitrogens with two attached hydrogens (primary N) is 1. The molecule has 2 aromatic rings. The van der Waals surface area contributed by atoms with Gasteiger partial charge >= 0.3 is 0 Å². The van der Waals surface area contributed by atoms with Crippen molar-refractivity contribution in [2.75, 3.05) is 45.1 Å². The average Bonchev–Trinajstić information content (AvgIpc) is 3.32. The van der Waals surface area contributed by atoms with Crippen molar-refractivity contribution in [2.45, 2.75) is 43.6 Å². The van der Waals surface area contributed by atoms with E-state index in [-0.39, 0.29) is 17.9 Å². The molecule has 5 rings (SSSR count). The minimum Gasteiger partial charge on any atom is -0.383 e. The quantitative estimate of drug-likeness (QED) is 0.835. The number of hydrogen-bond acceptors (Lipinski definition) is 7. The molecule has 8 heteroatoms. The molecule has 27 heavy (non-hydrogen) atoms. The fourth-order valence-corrected chi connectivity index (χ4v) is 4.90. The van der Waals surface area contributed by atoms with Crippen molar-refractivity contribution in [3.63, 3.8) is 0 Å². The van der Waals surface area contributed by atoms with Gasteiger partial charge < -0.3 is 25.1 Å². The Morgan fingerprint density at radius 1 is 1.26 bits per heavy atom. The van der Waals surface area contributed by atoms with Crippen molar-refractivity contribution in [1.82, 2.24) is 24.8 Å². The molecule has 0 saturated carbocycles. The van der Waals surface area contributed by atoms with Crippen LogP contribution in [0.5, 0.6) is 0 Å². The predicted molar refractivity (Wildman–Crippen MR) is 102 cm³/mol. The second-order valence-electron chi connectivity index (χ2n) is 7.98. The van der Waals surface area contributed by atoms with Crippen molar-refractivity contribution in [1.29, 1.82) is 0 Å². The second kappa shape index (κ2) is 7.01. The Labute approximate surface area is 159 Å². The first-order chi connectivity index (χ1) is 13.3. The second-order valence-corrected chi connectivity index (χ2v) is 7.98. The number of nitrogen functional groups attached to an aromatic ring is 1. The van der Waals surface area contributed by atoms with Crippen LogP contribution in [0.3, 0.4) is 0 Å². The van der Waals surface area contributed by atoms with Gasteiger partial charge in [-0.3, -0.25) is 4.90 Å². The smallest absolute Gasteiger partial charge is 0.147 e. The summed E-state index contributed by atoms with van der Waals surface area (Å²) < 4.78 is 14.4. The number of fused-ring (bicyclic) bond motifs is 1. The third-order valence-electron chi connectivity index (χ3n) is 6.44. The molecule has 0 unspecified atom stereocenters. The fourth-order valence-electron chi connectivity index (χ4n) is 4.90. The number of ether oxygens (including phenoxy) is 2. The Bertz CT molecular complexity index is 794. The van der Waals surface area contributed by atoms with Crippen molar-refractivity contribution in [3.05, 3.63) is 18.6 Å². The van der Waals surface area contributed by atoms with Crippen LogP contribution in [-0.2, 0) is 9.47 Å². The molecular formula is C19H28N6O2. The standard InChI is InChI=1S/C19H28N6O2/c20-17-15-3-8-25(18(15)23-13-22-17)16-2-1-14(27-16)11-24-9-10-26-12-19(24)4-6-21-7-5-19/h3,8,13-14,16,21H,1-2,4-7,9-12H2,(H2,20,22,23)/t14-,16+/m0/s1. The lowest BCUT2D eigenvalue weighted by atomic mass is 9.86. The Hall–Kier alpha value is -1.74. The normalized spacial score (nSPS) is 28.9. The van der Waals surface area contributed by atoms with Gasteiger partial charge in [-0.05, 0) is 44.8 Å². The molecule has 0 aliphatic carbocycles. The minimum atomic E-state index is 0.0202. The predicted octanol–water partition coefficient (Wildman–Crippen LogP) is 1.15. The van der Waals surface area contributed by atoms with Crippen LogP contribution in [0.15, 0.2) is 18.6 Å². The van der Waals surface area contributed by atoms with Crippen molar-refractivity contribution in [2.24, 2.45) is 0 Å². The molecular weight excluding hydrogens is 344 g/mol. The van der Waals surface area contributed by atoms with Gasteiger partial charge in [-0.15, -0.1) is 0 Å². The number of nitrogens with zero attached hydrogens (tertiary/aromatic N) is 4. The maximum Gasteiger partial charge on any atom is 0.147 e. The molecule has 0 bridgehead atoms. The topological polar surface area (TPSA) is 90.5 Å². The molecule has 2 atom stereocenters. The molecule has 3 N–H and O–H groups in total. The van der Waals surface area contributed by atoms with E-state index in [1.165, 1.54) is 6.33 Å². The molecule has 3 fully saturated rings. The Morgan fingerprint density at radius 2 is 2.15 bits per heavy atom. The number of hydrogen-bond donors (Lipinski definition) is 2. The molecule has 5 heterocycles. The first-order valence-electron chi connectivity index (χ1n) is 10.0. The molecule has 8 nitrogen and oxygen atoms in total. The molecule has 1 spiro atoms. The highest BCUT2D eigenvalue weighted by atomic mass is 16.5. The number of piperidine rings is 1. The van der Waals surface area contributed by atoms with E-state index in [2.05, 4.69) is 24.8 Å². The number of aromatic nitrogens is 3. The van der Waals surface area contributed by atoms with Gasteiger partial charge in [0.05, 0.1) is 24.7 Å². The molecule has 0 radical (unpaired) electrons. The van der Waals surface area contributed by atoms with E-state index in [9.17, 15) is 0 Å². The zero-order chi connectivity index (χ0) is 18.3. The van der Waals surface area contributed by atoms with E-state index < -0.39 is 0 Å². The maximum atomic E-state index is 6.45. The summed E-state index contributed by atoms with van der Waals surface area (Å²) in [5.41, 5.74) is 7.01. The molecule has 0 amide bonds. The molecule has 3 aliphatic heterocycles. The van der Waals surface area contributed by atoms with Crippen molar-refractivity contribution < 1.29 is 9.47 Å². The third kappa shape index (κ3) is 3.10. The van der Waals surface area contributed by atoms with Crippen LogP contribution in [0.1, 0.15) is 31.9 Å². The van der Waals surface area contributed by atoms with Crippen LogP contribution in [0, 0.1) is 0 Å². The van der Waals surface area contributed by atoms with Crippen LogP contribution >= 0.6 is 0 Å². The lowest BCUT2D eigenvalue weighted by Crippen LogP contribution is -2.62.